The van der Waals surface area contributed by atoms with Gasteiger partial charge in [0.2, 0.25) is 0 Å². The van der Waals surface area contributed by atoms with Crippen molar-refractivity contribution in [2.45, 2.75) is 183 Å². The van der Waals surface area contributed by atoms with Crippen molar-refractivity contribution in [3.05, 3.63) is 68.8 Å². The molecular weight excluding hydrogens is 540 g/mol. The van der Waals surface area contributed by atoms with E-state index in [0.717, 1.165) is 11.1 Å². The van der Waals surface area contributed by atoms with Crippen molar-refractivity contribution in [1.29, 1.82) is 0 Å². The van der Waals surface area contributed by atoms with E-state index in [1.165, 1.54) is 33.4 Å². The highest BCUT2D eigenvalue weighted by molar-refractivity contribution is 5.62. The summed E-state index contributed by atoms with van der Waals surface area (Å²) in [6, 6.07) is 9.26. The van der Waals surface area contributed by atoms with Crippen LogP contribution >= 0.6 is 0 Å². The predicted molar refractivity (Wildman–Crippen MR) is 189 cm³/mol. The highest BCUT2D eigenvalue weighted by atomic mass is 16.7. The first kappa shape index (κ1) is 37.9. The molecule has 0 fully saturated rings. The summed E-state index contributed by atoms with van der Waals surface area (Å²) in [7, 11) is 0. The summed E-state index contributed by atoms with van der Waals surface area (Å²) in [6.45, 7) is 44.4. The molecule has 0 aliphatic carbocycles. The number of ether oxygens (including phenoxy) is 2. The van der Waals surface area contributed by atoms with E-state index in [2.05, 4.69) is 149 Å². The van der Waals surface area contributed by atoms with Gasteiger partial charge in [-0.1, -0.05) is 149 Å². The van der Waals surface area contributed by atoms with E-state index in [-0.39, 0.29) is 32.5 Å². The summed E-state index contributed by atoms with van der Waals surface area (Å²) in [5.74, 6) is 0. The van der Waals surface area contributed by atoms with E-state index < -0.39 is 18.4 Å². The molecule has 3 heteroatoms. The van der Waals surface area contributed by atoms with Gasteiger partial charge in [-0.05, 0) is 90.8 Å². The fourth-order valence-corrected chi connectivity index (χ4v) is 6.13. The van der Waals surface area contributed by atoms with Crippen molar-refractivity contribution in [2.75, 3.05) is 0 Å². The van der Waals surface area contributed by atoms with Crippen molar-refractivity contribution in [3.8, 4) is 0 Å². The highest BCUT2D eigenvalue weighted by Gasteiger charge is 2.34. The summed E-state index contributed by atoms with van der Waals surface area (Å²) in [6.07, 6.45) is -1.57. The van der Waals surface area contributed by atoms with E-state index >= 15 is 0 Å². The lowest BCUT2D eigenvalue weighted by Crippen LogP contribution is -2.27. The SMILES string of the molecule is CC(OC(=O)OC(C)c1cc(C(C)(C)C)c(C(C)(C)C)cc1C(C)(C)C)c1cc(C(C)(C)C)c(C(C)(C)C)cc1C(C)(C)C. The van der Waals surface area contributed by atoms with Gasteiger partial charge in [-0.25, -0.2) is 4.79 Å². The molecule has 2 aromatic carbocycles. The minimum absolute atomic E-state index is 0.0151. The van der Waals surface area contributed by atoms with Gasteiger partial charge in [0.15, 0.2) is 0 Å². The van der Waals surface area contributed by atoms with Crippen molar-refractivity contribution in [3.63, 3.8) is 0 Å². The summed E-state index contributed by atoms with van der Waals surface area (Å²) in [5.41, 5.74) is 9.33. The first-order chi connectivity index (χ1) is 19.4. The van der Waals surface area contributed by atoms with E-state index in [0.29, 0.717) is 0 Å². The summed E-state index contributed by atoms with van der Waals surface area (Å²) in [5, 5.41) is 0. The Bertz CT molecular complexity index is 1230. The molecule has 0 heterocycles. The molecule has 0 saturated heterocycles. The average molecular weight is 607 g/mol. The van der Waals surface area contributed by atoms with Gasteiger partial charge in [-0.3, -0.25) is 0 Å². The van der Waals surface area contributed by atoms with E-state index in [1.54, 1.807) is 0 Å². The molecule has 0 spiro atoms. The Kier molecular flexibility index (Phi) is 10.5. The minimum atomic E-state index is -0.640. The Hall–Kier alpha value is -2.29. The van der Waals surface area contributed by atoms with Crippen molar-refractivity contribution < 1.29 is 14.3 Å². The van der Waals surface area contributed by atoms with Gasteiger partial charge < -0.3 is 9.47 Å². The maximum absolute atomic E-state index is 13.5. The Morgan fingerprint density at radius 1 is 0.409 bits per heavy atom. The Labute approximate surface area is 271 Å². The molecule has 2 atom stereocenters. The second kappa shape index (κ2) is 12.1. The van der Waals surface area contributed by atoms with Crippen molar-refractivity contribution in [2.24, 2.45) is 0 Å². The Balaban J connectivity index is 2.59. The highest BCUT2D eigenvalue weighted by Crippen LogP contribution is 2.43. The number of hydrogen-bond acceptors (Lipinski definition) is 3. The van der Waals surface area contributed by atoms with Gasteiger partial charge in [0.1, 0.15) is 12.2 Å². The van der Waals surface area contributed by atoms with Crippen molar-refractivity contribution >= 4 is 6.16 Å². The second-order valence-corrected chi connectivity index (χ2v) is 19.2. The van der Waals surface area contributed by atoms with Crippen LogP contribution < -0.4 is 0 Å². The zero-order chi connectivity index (χ0) is 34.6. The molecule has 2 unspecified atom stereocenters. The van der Waals surface area contributed by atoms with Crippen molar-refractivity contribution in [1.82, 2.24) is 0 Å². The van der Waals surface area contributed by atoms with Gasteiger partial charge >= 0.3 is 6.16 Å². The topological polar surface area (TPSA) is 35.5 Å². The molecule has 2 rings (SSSR count). The third kappa shape index (κ3) is 8.91. The molecule has 0 aliphatic heterocycles. The summed E-state index contributed by atoms with van der Waals surface area (Å²) in [4.78, 5) is 13.5. The third-order valence-electron chi connectivity index (χ3n) is 8.65. The lowest BCUT2D eigenvalue weighted by Gasteiger charge is -2.36. The van der Waals surface area contributed by atoms with E-state index in [1.807, 2.05) is 13.8 Å². The molecule has 44 heavy (non-hydrogen) atoms. The number of rotatable bonds is 4. The zero-order valence-electron chi connectivity index (χ0n) is 32.2. The Morgan fingerprint density at radius 2 is 0.614 bits per heavy atom. The van der Waals surface area contributed by atoms with Crippen LogP contribution in [0.4, 0.5) is 4.79 Å². The number of benzene rings is 2. The smallest absolute Gasteiger partial charge is 0.426 e. The lowest BCUT2D eigenvalue weighted by atomic mass is 9.70. The zero-order valence-corrected chi connectivity index (χ0v) is 32.2. The van der Waals surface area contributed by atoms with Crippen LogP contribution in [0.5, 0.6) is 0 Å². The molecule has 0 aliphatic rings. The molecule has 2 aromatic rings. The average Bonchev–Trinajstić information content (AvgIpc) is 2.78. The first-order valence-electron chi connectivity index (χ1n) is 16.6. The van der Waals surface area contributed by atoms with E-state index in [9.17, 15) is 4.79 Å². The van der Waals surface area contributed by atoms with Crippen LogP contribution in [0.2, 0.25) is 0 Å². The molecule has 0 amide bonds. The molecular formula is C41H66O3. The number of carbonyl (C=O) groups is 1. The molecule has 0 radical (unpaired) electrons. The number of hydrogen-bond donors (Lipinski definition) is 0. The number of carbonyl (C=O) groups excluding carboxylic acids is 1. The van der Waals surface area contributed by atoms with Gasteiger partial charge in [0.25, 0.3) is 0 Å². The lowest BCUT2D eigenvalue weighted by molar-refractivity contribution is 0.00541. The molecule has 248 valence electrons. The van der Waals surface area contributed by atoms with Crippen LogP contribution in [-0.4, -0.2) is 6.16 Å². The van der Waals surface area contributed by atoms with Gasteiger partial charge in [0.05, 0.1) is 0 Å². The second-order valence-electron chi connectivity index (χ2n) is 19.2. The van der Waals surface area contributed by atoms with Gasteiger partial charge in [-0.2, -0.15) is 0 Å². The van der Waals surface area contributed by atoms with Crippen LogP contribution in [0.25, 0.3) is 0 Å². The molecule has 0 saturated carbocycles. The Morgan fingerprint density at radius 3 is 0.818 bits per heavy atom. The molecule has 3 nitrogen and oxygen atoms in total. The maximum Gasteiger partial charge on any atom is 0.509 e. The molecule has 0 bridgehead atoms. The summed E-state index contributed by atoms with van der Waals surface area (Å²) >= 11 is 0. The molecule has 0 aromatic heterocycles. The third-order valence-corrected chi connectivity index (χ3v) is 8.65. The van der Waals surface area contributed by atoms with Gasteiger partial charge in [0, 0.05) is 0 Å². The van der Waals surface area contributed by atoms with Gasteiger partial charge in [-0.15, -0.1) is 0 Å². The van der Waals surface area contributed by atoms with Crippen LogP contribution in [0.1, 0.15) is 195 Å². The largest absolute Gasteiger partial charge is 0.509 e. The van der Waals surface area contributed by atoms with E-state index in [4.69, 9.17) is 9.47 Å². The minimum Gasteiger partial charge on any atom is -0.426 e. The van der Waals surface area contributed by atoms with Crippen LogP contribution in [0.15, 0.2) is 24.3 Å². The fourth-order valence-electron chi connectivity index (χ4n) is 6.13. The fraction of sp³-hybridized carbons (Fsp3) is 0.683. The van der Waals surface area contributed by atoms with Crippen LogP contribution in [-0.2, 0) is 42.0 Å². The first-order valence-corrected chi connectivity index (χ1v) is 16.6. The quantitative estimate of drug-likeness (QED) is 0.325. The van der Waals surface area contributed by atoms with Crippen LogP contribution in [0.3, 0.4) is 0 Å². The monoisotopic (exact) mass is 607 g/mol. The predicted octanol–water partition coefficient (Wildman–Crippen LogP) is 12.4. The standard InChI is InChI=1S/C41H66O3/c1-25(27-21-31(38(9,10)11)33(40(15,16)17)23-29(27)36(3,4)5)43-35(42)44-26(2)28-22-32(39(12,13)14)34(41(18,19)20)24-30(28)37(6,7)8/h21-26H,1-20H3. The van der Waals surface area contributed by atoms with Crippen LogP contribution in [0, 0.1) is 0 Å². The molecule has 0 N–H and O–H groups in total. The maximum atomic E-state index is 13.5. The summed E-state index contributed by atoms with van der Waals surface area (Å²) < 4.78 is 12.2. The normalized spacial score (nSPS) is 15.2.